The summed E-state index contributed by atoms with van der Waals surface area (Å²) in [6.45, 7) is 3.30. The van der Waals surface area contributed by atoms with Crippen LogP contribution in [0.4, 0.5) is 0 Å². The van der Waals surface area contributed by atoms with Gasteiger partial charge in [-0.05, 0) is 26.7 Å². The summed E-state index contributed by atoms with van der Waals surface area (Å²) in [5, 5.41) is 2.60. The van der Waals surface area contributed by atoms with E-state index in [1.54, 1.807) is 13.8 Å². The molecular formula is C9H16N2O3. The highest BCUT2D eigenvalue weighted by Crippen LogP contribution is 2.25. The van der Waals surface area contributed by atoms with Crippen LogP contribution >= 0.6 is 0 Å². The van der Waals surface area contributed by atoms with E-state index in [-0.39, 0.29) is 5.91 Å². The molecule has 2 atom stereocenters. The Morgan fingerprint density at radius 2 is 2.07 bits per heavy atom. The fraction of sp³-hybridized carbons (Fsp3) is 0.778. The van der Waals surface area contributed by atoms with Crippen molar-refractivity contribution in [3.05, 3.63) is 0 Å². The van der Waals surface area contributed by atoms with Crippen molar-refractivity contribution in [1.29, 1.82) is 0 Å². The van der Waals surface area contributed by atoms with Crippen molar-refractivity contribution in [2.45, 2.75) is 37.8 Å². The number of nitrogens with two attached hydrogens (primary N) is 1. The molecule has 0 aromatic carbocycles. The summed E-state index contributed by atoms with van der Waals surface area (Å²) in [4.78, 5) is 22.9. The van der Waals surface area contributed by atoms with Crippen LogP contribution in [0.5, 0.6) is 0 Å². The highest BCUT2D eigenvalue weighted by molar-refractivity contribution is 5.93. The van der Waals surface area contributed by atoms with Crippen molar-refractivity contribution in [1.82, 2.24) is 5.32 Å². The number of piperidine rings is 1. The molecule has 80 valence electrons. The number of carbonyl (C=O) groups excluding carboxylic acids is 2. The minimum Gasteiger partial charge on any atom is -0.467 e. The molecule has 0 aromatic rings. The fourth-order valence-electron chi connectivity index (χ4n) is 1.46. The summed E-state index contributed by atoms with van der Waals surface area (Å²) < 4.78 is 4.61. The van der Waals surface area contributed by atoms with Gasteiger partial charge in [-0.2, -0.15) is 0 Å². The van der Waals surface area contributed by atoms with E-state index in [2.05, 4.69) is 10.1 Å². The van der Waals surface area contributed by atoms with Gasteiger partial charge in [-0.15, -0.1) is 0 Å². The van der Waals surface area contributed by atoms with Crippen LogP contribution in [-0.4, -0.2) is 30.1 Å². The average molecular weight is 200 g/mol. The molecule has 1 saturated heterocycles. The Kier molecular flexibility index (Phi) is 2.54. The summed E-state index contributed by atoms with van der Waals surface area (Å²) in [6, 6.07) is 0. The molecule has 1 aliphatic rings. The van der Waals surface area contributed by atoms with E-state index in [4.69, 9.17) is 5.73 Å². The number of rotatable bonds is 1. The molecule has 1 aliphatic heterocycles. The van der Waals surface area contributed by atoms with Crippen LogP contribution in [0, 0.1) is 0 Å². The first-order valence-corrected chi connectivity index (χ1v) is 4.52. The molecule has 0 unspecified atom stereocenters. The lowest BCUT2D eigenvalue weighted by Gasteiger charge is -2.39. The van der Waals surface area contributed by atoms with Gasteiger partial charge >= 0.3 is 5.97 Å². The summed E-state index contributed by atoms with van der Waals surface area (Å²) in [5.41, 5.74) is 3.91. The summed E-state index contributed by atoms with van der Waals surface area (Å²) in [7, 11) is 1.30. The molecule has 0 radical (unpaired) electrons. The van der Waals surface area contributed by atoms with Crippen LogP contribution in [0.3, 0.4) is 0 Å². The van der Waals surface area contributed by atoms with Crippen molar-refractivity contribution >= 4 is 11.9 Å². The van der Waals surface area contributed by atoms with Gasteiger partial charge in [0.15, 0.2) is 0 Å². The molecule has 5 heteroatoms. The third-order valence-corrected chi connectivity index (χ3v) is 2.69. The van der Waals surface area contributed by atoms with Gasteiger partial charge in [0.25, 0.3) is 0 Å². The van der Waals surface area contributed by atoms with Crippen LogP contribution in [0.15, 0.2) is 0 Å². The van der Waals surface area contributed by atoms with Gasteiger partial charge < -0.3 is 15.8 Å². The van der Waals surface area contributed by atoms with Gasteiger partial charge in [0.1, 0.15) is 5.54 Å². The predicted octanol–water partition coefficient (Wildman–Crippen LogP) is -0.454. The van der Waals surface area contributed by atoms with Gasteiger partial charge in [-0.25, -0.2) is 4.79 Å². The van der Waals surface area contributed by atoms with E-state index < -0.39 is 17.0 Å². The molecule has 3 N–H and O–H groups in total. The summed E-state index contributed by atoms with van der Waals surface area (Å²) in [5.74, 6) is -0.738. The number of nitrogens with one attached hydrogen (secondary N) is 1. The number of ether oxygens (including phenoxy) is 1. The lowest BCUT2D eigenvalue weighted by Crippen LogP contribution is -2.66. The largest absolute Gasteiger partial charge is 0.467 e. The lowest BCUT2D eigenvalue weighted by atomic mass is 9.82. The summed E-state index contributed by atoms with van der Waals surface area (Å²) >= 11 is 0. The Labute approximate surface area is 83.0 Å². The smallest absolute Gasteiger partial charge is 0.331 e. The molecule has 1 rings (SSSR count). The number of esters is 1. The lowest BCUT2D eigenvalue weighted by molar-refractivity contribution is -0.153. The Morgan fingerprint density at radius 1 is 1.50 bits per heavy atom. The average Bonchev–Trinajstić information content (AvgIpc) is 2.11. The zero-order valence-corrected chi connectivity index (χ0v) is 8.72. The monoisotopic (exact) mass is 200 g/mol. The van der Waals surface area contributed by atoms with Crippen LogP contribution in [0.25, 0.3) is 0 Å². The highest BCUT2D eigenvalue weighted by atomic mass is 16.5. The standard InChI is InChI=1S/C9H16N2O3/c1-8(10)4-5-9(2,7(13)14-3)11-6(8)12/h4-5,10H2,1-3H3,(H,11,12)/t8-,9-/m1/s1. The molecule has 14 heavy (non-hydrogen) atoms. The van der Waals surface area contributed by atoms with Crippen molar-refractivity contribution in [2.75, 3.05) is 7.11 Å². The van der Waals surface area contributed by atoms with Crippen molar-refractivity contribution in [3.8, 4) is 0 Å². The highest BCUT2D eigenvalue weighted by Gasteiger charge is 2.46. The quantitative estimate of drug-likeness (QED) is 0.561. The second kappa shape index (κ2) is 3.24. The van der Waals surface area contributed by atoms with E-state index in [0.29, 0.717) is 12.8 Å². The van der Waals surface area contributed by atoms with E-state index in [1.807, 2.05) is 0 Å². The first-order valence-electron chi connectivity index (χ1n) is 4.52. The normalized spacial score (nSPS) is 37.6. The molecule has 0 spiro atoms. The minimum absolute atomic E-state index is 0.309. The molecular weight excluding hydrogens is 184 g/mol. The zero-order valence-electron chi connectivity index (χ0n) is 8.72. The summed E-state index contributed by atoms with van der Waals surface area (Å²) in [6.07, 6.45) is 0.975. The van der Waals surface area contributed by atoms with Crippen LogP contribution in [-0.2, 0) is 14.3 Å². The molecule has 0 bridgehead atoms. The number of hydrogen-bond donors (Lipinski definition) is 2. The van der Waals surface area contributed by atoms with Crippen LogP contribution < -0.4 is 11.1 Å². The molecule has 1 amide bonds. The zero-order chi connectivity index (χ0) is 11.0. The van der Waals surface area contributed by atoms with E-state index in [1.165, 1.54) is 7.11 Å². The van der Waals surface area contributed by atoms with E-state index in [9.17, 15) is 9.59 Å². The molecule has 0 saturated carbocycles. The fourth-order valence-corrected chi connectivity index (χ4v) is 1.46. The third kappa shape index (κ3) is 1.72. The van der Waals surface area contributed by atoms with Gasteiger partial charge in [0.2, 0.25) is 5.91 Å². The third-order valence-electron chi connectivity index (χ3n) is 2.69. The first-order chi connectivity index (χ1) is 6.32. The van der Waals surface area contributed by atoms with E-state index >= 15 is 0 Å². The second-order valence-corrected chi connectivity index (χ2v) is 4.20. The Morgan fingerprint density at radius 3 is 2.50 bits per heavy atom. The molecule has 0 aliphatic carbocycles. The Balaban J connectivity index is 2.81. The maximum Gasteiger partial charge on any atom is 0.331 e. The number of methoxy groups -OCH3 is 1. The predicted molar refractivity (Wildman–Crippen MR) is 50.4 cm³/mol. The number of hydrogen-bond acceptors (Lipinski definition) is 4. The Hall–Kier alpha value is -1.10. The molecule has 1 heterocycles. The minimum atomic E-state index is -0.926. The SMILES string of the molecule is COC(=O)[C@@]1(C)CC[C@@](C)(N)C(=O)N1. The van der Waals surface area contributed by atoms with E-state index in [0.717, 1.165) is 0 Å². The maximum atomic E-state index is 11.5. The second-order valence-electron chi connectivity index (χ2n) is 4.20. The number of carbonyl (C=O) groups is 2. The van der Waals surface area contributed by atoms with Crippen molar-refractivity contribution in [2.24, 2.45) is 5.73 Å². The first kappa shape index (κ1) is 11.0. The van der Waals surface area contributed by atoms with Crippen molar-refractivity contribution in [3.63, 3.8) is 0 Å². The topological polar surface area (TPSA) is 81.4 Å². The van der Waals surface area contributed by atoms with Crippen LogP contribution in [0.2, 0.25) is 0 Å². The van der Waals surface area contributed by atoms with Crippen molar-refractivity contribution < 1.29 is 14.3 Å². The number of amides is 1. The van der Waals surface area contributed by atoms with Gasteiger partial charge in [-0.3, -0.25) is 4.79 Å². The molecule has 5 nitrogen and oxygen atoms in total. The van der Waals surface area contributed by atoms with Gasteiger partial charge in [-0.1, -0.05) is 0 Å². The molecule has 0 aromatic heterocycles. The Bertz CT molecular complexity index is 275. The maximum absolute atomic E-state index is 11.5. The van der Waals surface area contributed by atoms with Crippen LogP contribution in [0.1, 0.15) is 26.7 Å². The molecule has 1 fully saturated rings. The van der Waals surface area contributed by atoms with Gasteiger partial charge in [0.05, 0.1) is 12.6 Å². The van der Waals surface area contributed by atoms with Gasteiger partial charge in [0, 0.05) is 0 Å².